The number of benzene rings is 2. The zero-order valence-corrected chi connectivity index (χ0v) is 10.6. The standard InChI is InChI=1S/C15H9ClN2O/c16-10-5-6-12-9(7-10)8-14-15(19)17-11-3-1-2-4-13(11)18(12)14/h1-8H,(H,17,19). The van der Waals surface area contributed by atoms with Crippen LogP contribution in [0.1, 0.15) is 0 Å². The van der Waals surface area contributed by atoms with Gasteiger partial charge in [-0.3, -0.25) is 4.79 Å². The molecule has 92 valence electrons. The topological polar surface area (TPSA) is 37.3 Å². The van der Waals surface area contributed by atoms with Gasteiger partial charge in [-0.25, -0.2) is 0 Å². The van der Waals surface area contributed by atoms with Crippen LogP contribution in [0.5, 0.6) is 0 Å². The summed E-state index contributed by atoms with van der Waals surface area (Å²) >= 11 is 6.01. The molecule has 0 aliphatic carbocycles. The molecule has 4 aromatic rings. The molecule has 2 heterocycles. The Hall–Kier alpha value is -2.26. The van der Waals surface area contributed by atoms with Gasteiger partial charge in [0.25, 0.3) is 5.56 Å². The number of hydrogen-bond acceptors (Lipinski definition) is 1. The molecule has 2 aromatic heterocycles. The summed E-state index contributed by atoms with van der Waals surface area (Å²) in [6.45, 7) is 0. The maximum absolute atomic E-state index is 12.1. The van der Waals surface area contributed by atoms with Gasteiger partial charge in [-0.1, -0.05) is 23.7 Å². The molecule has 0 amide bonds. The Kier molecular flexibility index (Phi) is 2.03. The van der Waals surface area contributed by atoms with Crippen LogP contribution in [-0.2, 0) is 0 Å². The lowest BCUT2D eigenvalue weighted by atomic mass is 10.2. The van der Waals surface area contributed by atoms with E-state index < -0.39 is 0 Å². The minimum absolute atomic E-state index is 0.0916. The van der Waals surface area contributed by atoms with E-state index in [1.54, 1.807) is 0 Å². The number of hydrogen-bond donors (Lipinski definition) is 1. The van der Waals surface area contributed by atoms with Crippen LogP contribution in [-0.4, -0.2) is 9.38 Å². The SMILES string of the molecule is O=c1[nH]c2ccccc2n2c1cc1cc(Cl)ccc12. The third kappa shape index (κ3) is 1.42. The van der Waals surface area contributed by atoms with Crippen molar-refractivity contribution in [1.29, 1.82) is 0 Å². The Morgan fingerprint density at radius 3 is 2.68 bits per heavy atom. The van der Waals surface area contributed by atoms with Crippen LogP contribution in [0.3, 0.4) is 0 Å². The van der Waals surface area contributed by atoms with Crippen molar-refractivity contribution in [3.05, 3.63) is 63.9 Å². The monoisotopic (exact) mass is 268 g/mol. The van der Waals surface area contributed by atoms with Crippen LogP contribution in [0.15, 0.2) is 53.3 Å². The first-order chi connectivity index (χ1) is 9.24. The molecular formula is C15H9ClN2O. The summed E-state index contributed by atoms with van der Waals surface area (Å²) in [7, 11) is 0. The maximum atomic E-state index is 12.1. The number of H-pyrrole nitrogens is 1. The summed E-state index contributed by atoms with van der Waals surface area (Å²) in [4.78, 5) is 15.0. The molecule has 0 saturated heterocycles. The second kappa shape index (κ2) is 3.62. The molecule has 19 heavy (non-hydrogen) atoms. The predicted octanol–water partition coefficient (Wildman–Crippen LogP) is 3.59. The molecule has 0 radical (unpaired) electrons. The molecule has 4 rings (SSSR count). The smallest absolute Gasteiger partial charge is 0.272 e. The van der Waals surface area contributed by atoms with Crippen molar-refractivity contribution >= 4 is 39.1 Å². The van der Waals surface area contributed by atoms with Crippen LogP contribution >= 0.6 is 11.6 Å². The highest BCUT2D eigenvalue weighted by Gasteiger charge is 2.09. The molecule has 0 saturated carbocycles. The van der Waals surface area contributed by atoms with E-state index in [-0.39, 0.29) is 5.56 Å². The molecule has 0 fully saturated rings. The molecule has 4 heteroatoms. The molecular weight excluding hydrogens is 260 g/mol. The number of aromatic nitrogens is 2. The highest BCUT2D eigenvalue weighted by atomic mass is 35.5. The number of fused-ring (bicyclic) bond motifs is 5. The van der Waals surface area contributed by atoms with Gasteiger partial charge in [0.1, 0.15) is 5.52 Å². The fourth-order valence-corrected chi connectivity index (χ4v) is 2.75. The largest absolute Gasteiger partial charge is 0.319 e. The Morgan fingerprint density at radius 2 is 1.79 bits per heavy atom. The van der Waals surface area contributed by atoms with Crippen molar-refractivity contribution in [2.45, 2.75) is 0 Å². The fraction of sp³-hybridized carbons (Fsp3) is 0. The molecule has 0 bridgehead atoms. The van der Waals surface area contributed by atoms with Crippen LogP contribution in [0.25, 0.3) is 27.5 Å². The molecule has 0 atom stereocenters. The van der Waals surface area contributed by atoms with Gasteiger partial charge in [0.15, 0.2) is 0 Å². The van der Waals surface area contributed by atoms with Gasteiger partial charge >= 0.3 is 0 Å². The number of halogens is 1. The van der Waals surface area contributed by atoms with Crippen molar-refractivity contribution in [2.75, 3.05) is 0 Å². The molecule has 1 N–H and O–H groups in total. The Balaban J connectivity index is 2.39. The third-order valence-electron chi connectivity index (χ3n) is 3.39. The van der Waals surface area contributed by atoms with Gasteiger partial charge in [0.05, 0.1) is 16.6 Å². The highest BCUT2D eigenvalue weighted by Crippen LogP contribution is 2.25. The molecule has 3 nitrogen and oxygen atoms in total. The lowest BCUT2D eigenvalue weighted by Crippen LogP contribution is -2.09. The lowest BCUT2D eigenvalue weighted by molar-refractivity contribution is 1.22. The van der Waals surface area contributed by atoms with Crippen LogP contribution in [0, 0.1) is 0 Å². The first-order valence-electron chi connectivity index (χ1n) is 5.96. The quantitative estimate of drug-likeness (QED) is 0.520. The lowest BCUT2D eigenvalue weighted by Gasteiger charge is -2.03. The molecule has 0 aliphatic heterocycles. The zero-order valence-electron chi connectivity index (χ0n) is 9.85. The summed E-state index contributed by atoms with van der Waals surface area (Å²) in [5, 5.41) is 1.64. The first-order valence-corrected chi connectivity index (χ1v) is 6.33. The van der Waals surface area contributed by atoms with E-state index in [0.717, 1.165) is 21.9 Å². The summed E-state index contributed by atoms with van der Waals surface area (Å²) in [6.07, 6.45) is 0. The van der Waals surface area contributed by atoms with Crippen LogP contribution in [0.4, 0.5) is 0 Å². The van der Waals surface area contributed by atoms with E-state index in [1.807, 2.05) is 52.9 Å². The normalized spacial score (nSPS) is 11.6. The van der Waals surface area contributed by atoms with Gasteiger partial charge in [-0.2, -0.15) is 0 Å². The van der Waals surface area contributed by atoms with Gasteiger partial charge < -0.3 is 9.38 Å². The van der Waals surface area contributed by atoms with Crippen molar-refractivity contribution in [3.8, 4) is 0 Å². The van der Waals surface area contributed by atoms with Crippen LogP contribution in [0.2, 0.25) is 5.02 Å². The minimum Gasteiger partial charge on any atom is -0.319 e. The Labute approximate surface area is 113 Å². The van der Waals surface area contributed by atoms with E-state index in [2.05, 4.69) is 4.98 Å². The average molecular weight is 269 g/mol. The molecule has 2 aromatic carbocycles. The van der Waals surface area contributed by atoms with Crippen molar-refractivity contribution in [2.24, 2.45) is 0 Å². The van der Waals surface area contributed by atoms with E-state index in [0.29, 0.717) is 10.5 Å². The summed E-state index contributed by atoms with van der Waals surface area (Å²) in [5.74, 6) is 0. The second-order valence-corrected chi connectivity index (χ2v) is 4.98. The number of para-hydroxylation sites is 2. The van der Waals surface area contributed by atoms with Crippen molar-refractivity contribution in [1.82, 2.24) is 9.38 Å². The number of nitrogens with one attached hydrogen (secondary N) is 1. The maximum Gasteiger partial charge on any atom is 0.272 e. The summed E-state index contributed by atoms with van der Waals surface area (Å²) < 4.78 is 1.97. The molecule has 0 spiro atoms. The van der Waals surface area contributed by atoms with Crippen molar-refractivity contribution in [3.63, 3.8) is 0 Å². The minimum atomic E-state index is -0.0916. The number of nitrogens with zero attached hydrogens (tertiary/aromatic N) is 1. The van der Waals surface area contributed by atoms with E-state index in [1.165, 1.54) is 0 Å². The van der Waals surface area contributed by atoms with Gasteiger partial charge in [0, 0.05) is 10.4 Å². The van der Waals surface area contributed by atoms with E-state index in [4.69, 9.17) is 11.6 Å². The summed E-state index contributed by atoms with van der Waals surface area (Å²) in [5.41, 5.74) is 3.34. The average Bonchev–Trinajstić information content (AvgIpc) is 2.78. The Morgan fingerprint density at radius 1 is 0.947 bits per heavy atom. The predicted molar refractivity (Wildman–Crippen MR) is 78.0 cm³/mol. The summed E-state index contributed by atoms with van der Waals surface area (Å²) in [6, 6.07) is 15.3. The first kappa shape index (κ1) is 10.6. The molecule has 0 unspecified atom stereocenters. The zero-order chi connectivity index (χ0) is 13.0. The van der Waals surface area contributed by atoms with Gasteiger partial charge in [-0.15, -0.1) is 0 Å². The van der Waals surface area contributed by atoms with E-state index >= 15 is 0 Å². The van der Waals surface area contributed by atoms with Crippen LogP contribution < -0.4 is 5.56 Å². The van der Waals surface area contributed by atoms with Gasteiger partial charge in [0.2, 0.25) is 0 Å². The van der Waals surface area contributed by atoms with Crippen molar-refractivity contribution < 1.29 is 0 Å². The highest BCUT2D eigenvalue weighted by molar-refractivity contribution is 6.31. The second-order valence-electron chi connectivity index (χ2n) is 4.54. The molecule has 0 aliphatic rings. The van der Waals surface area contributed by atoms with Gasteiger partial charge in [-0.05, 0) is 36.4 Å². The third-order valence-corrected chi connectivity index (χ3v) is 3.62. The number of rotatable bonds is 0. The van der Waals surface area contributed by atoms with E-state index in [9.17, 15) is 4.79 Å². The number of aromatic amines is 1. The fourth-order valence-electron chi connectivity index (χ4n) is 2.57. The Bertz CT molecular complexity index is 997.